The van der Waals surface area contributed by atoms with E-state index in [9.17, 15) is 13.2 Å². The second kappa shape index (κ2) is 5.34. The van der Waals surface area contributed by atoms with Crippen LogP contribution in [0.2, 0.25) is 0 Å². The highest BCUT2D eigenvalue weighted by Gasteiger charge is 2.26. The van der Waals surface area contributed by atoms with Crippen molar-refractivity contribution in [1.82, 2.24) is 4.31 Å². The fraction of sp³-hybridized carbons (Fsp3) is 0.250. The molecule has 0 radical (unpaired) electrons. The smallest absolute Gasteiger partial charge is 0.243 e. The molecule has 0 aromatic heterocycles. The number of rotatable bonds is 3. The second-order valence-electron chi connectivity index (χ2n) is 3.98. The molecule has 6 heteroatoms. The first-order valence-electron chi connectivity index (χ1n) is 5.44. The second-order valence-corrected chi connectivity index (χ2v) is 6.83. The van der Waals surface area contributed by atoms with E-state index >= 15 is 0 Å². The third-order valence-corrected chi connectivity index (χ3v) is 5.13. The normalized spacial score (nSPS) is 17.3. The van der Waals surface area contributed by atoms with Crippen LogP contribution in [0.5, 0.6) is 0 Å². The predicted molar refractivity (Wildman–Crippen MR) is 71.7 cm³/mol. The van der Waals surface area contributed by atoms with Crippen LogP contribution in [0.3, 0.4) is 0 Å². The molecule has 1 aromatic carbocycles. The highest BCUT2D eigenvalue weighted by Crippen LogP contribution is 2.21. The molecule has 0 amide bonds. The molecule has 4 nitrogen and oxygen atoms in total. The molecular weight excluding hydrogens is 318 g/mol. The predicted octanol–water partition coefficient (Wildman–Crippen LogP) is 1.97. The Bertz CT molecular complexity index is 578. The lowest BCUT2D eigenvalue weighted by molar-refractivity contribution is -0.105. The van der Waals surface area contributed by atoms with Crippen molar-refractivity contribution in [1.29, 1.82) is 0 Å². The van der Waals surface area contributed by atoms with Gasteiger partial charge in [-0.05, 0) is 30.7 Å². The number of nitrogens with zero attached hydrogens (tertiary/aromatic N) is 1. The number of halogens is 1. The molecule has 1 aliphatic heterocycles. The fourth-order valence-electron chi connectivity index (χ4n) is 1.79. The van der Waals surface area contributed by atoms with Crippen LogP contribution in [0.15, 0.2) is 45.3 Å². The number of aldehydes is 1. The van der Waals surface area contributed by atoms with Gasteiger partial charge in [-0.3, -0.25) is 4.79 Å². The number of benzene rings is 1. The summed E-state index contributed by atoms with van der Waals surface area (Å²) in [5.41, 5.74) is 0.516. The molecule has 18 heavy (non-hydrogen) atoms. The number of carbonyl (C=O) groups excluding carboxylic acids is 1. The maximum atomic E-state index is 12.3. The number of carbonyl (C=O) groups is 1. The van der Waals surface area contributed by atoms with Crippen LogP contribution in [-0.2, 0) is 14.8 Å². The number of hydrogen-bond acceptors (Lipinski definition) is 3. The van der Waals surface area contributed by atoms with Gasteiger partial charge in [0.25, 0.3) is 0 Å². The van der Waals surface area contributed by atoms with E-state index in [-0.39, 0.29) is 11.4 Å². The molecule has 1 aliphatic rings. The Hall–Kier alpha value is -0.980. The first kappa shape index (κ1) is 13.5. The molecule has 96 valence electrons. The van der Waals surface area contributed by atoms with Crippen LogP contribution in [0.25, 0.3) is 0 Å². The molecule has 0 spiro atoms. The third-order valence-electron chi connectivity index (χ3n) is 2.75. The molecule has 0 aliphatic carbocycles. The lowest BCUT2D eigenvalue weighted by Crippen LogP contribution is -2.36. The van der Waals surface area contributed by atoms with Gasteiger partial charge in [0.15, 0.2) is 0 Å². The van der Waals surface area contributed by atoms with Crippen LogP contribution in [0, 0.1) is 0 Å². The largest absolute Gasteiger partial charge is 0.298 e. The van der Waals surface area contributed by atoms with Gasteiger partial charge in [0.05, 0.1) is 4.90 Å². The van der Waals surface area contributed by atoms with Crippen LogP contribution < -0.4 is 0 Å². The van der Waals surface area contributed by atoms with Crippen LogP contribution in [0.1, 0.15) is 6.42 Å². The van der Waals surface area contributed by atoms with Crippen LogP contribution in [0.4, 0.5) is 0 Å². The van der Waals surface area contributed by atoms with Gasteiger partial charge in [0.2, 0.25) is 10.0 Å². The van der Waals surface area contributed by atoms with E-state index < -0.39 is 10.0 Å². The Morgan fingerprint density at radius 1 is 1.22 bits per heavy atom. The number of hydrogen-bond donors (Lipinski definition) is 0. The van der Waals surface area contributed by atoms with Gasteiger partial charge in [0, 0.05) is 23.1 Å². The Kier molecular flexibility index (Phi) is 3.99. The van der Waals surface area contributed by atoms with Crippen molar-refractivity contribution in [3.63, 3.8) is 0 Å². The minimum Gasteiger partial charge on any atom is -0.298 e. The molecular formula is C12H12BrNO3S. The van der Waals surface area contributed by atoms with E-state index in [2.05, 4.69) is 15.9 Å². The molecule has 2 rings (SSSR count). The van der Waals surface area contributed by atoms with Crippen molar-refractivity contribution in [3.8, 4) is 0 Å². The summed E-state index contributed by atoms with van der Waals surface area (Å²) >= 11 is 3.27. The van der Waals surface area contributed by atoms with Gasteiger partial charge in [-0.25, -0.2) is 8.42 Å². The topological polar surface area (TPSA) is 54.5 Å². The highest BCUT2D eigenvalue weighted by molar-refractivity contribution is 9.10. The molecule has 0 saturated carbocycles. The van der Waals surface area contributed by atoms with E-state index in [0.717, 1.165) is 4.47 Å². The van der Waals surface area contributed by atoms with E-state index in [4.69, 9.17) is 0 Å². The molecule has 0 unspecified atom stereocenters. The van der Waals surface area contributed by atoms with Crippen molar-refractivity contribution in [3.05, 3.63) is 40.4 Å². The zero-order valence-corrected chi connectivity index (χ0v) is 11.9. The van der Waals surface area contributed by atoms with E-state index in [1.165, 1.54) is 4.31 Å². The van der Waals surface area contributed by atoms with Crippen molar-refractivity contribution in [2.45, 2.75) is 11.3 Å². The quantitative estimate of drug-likeness (QED) is 0.796. The molecule has 0 saturated heterocycles. The van der Waals surface area contributed by atoms with Crippen molar-refractivity contribution in [2.75, 3.05) is 13.1 Å². The summed E-state index contributed by atoms with van der Waals surface area (Å²) in [6.07, 6.45) is 3.06. The third kappa shape index (κ3) is 2.71. The zero-order valence-electron chi connectivity index (χ0n) is 9.54. The summed E-state index contributed by atoms with van der Waals surface area (Å²) in [6, 6.07) is 6.48. The molecule has 1 aromatic rings. The Morgan fingerprint density at radius 3 is 2.50 bits per heavy atom. The van der Waals surface area contributed by atoms with Crippen LogP contribution in [-0.4, -0.2) is 32.1 Å². The maximum absolute atomic E-state index is 12.3. The van der Waals surface area contributed by atoms with Crippen molar-refractivity contribution >= 4 is 32.2 Å². The fourth-order valence-corrected chi connectivity index (χ4v) is 3.49. The summed E-state index contributed by atoms with van der Waals surface area (Å²) in [7, 11) is -3.51. The lowest BCUT2D eigenvalue weighted by atomic mass is 10.2. The van der Waals surface area contributed by atoms with Gasteiger partial charge < -0.3 is 0 Å². The molecule has 0 fully saturated rings. The lowest BCUT2D eigenvalue weighted by Gasteiger charge is -2.24. The Morgan fingerprint density at radius 2 is 1.89 bits per heavy atom. The first-order valence-corrected chi connectivity index (χ1v) is 7.67. The van der Waals surface area contributed by atoms with E-state index in [0.29, 0.717) is 24.8 Å². The highest BCUT2D eigenvalue weighted by atomic mass is 79.9. The Labute approximate surface area is 114 Å². The standard InChI is InChI=1S/C12H12BrNO3S/c13-11-3-5-12(6-4-11)18(16,17)14-7-1-2-10(8-14)9-15/h2-6,9H,1,7-8H2. The van der Waals surface area contributed by atoms with Gasteiger partial charge >= 0.3 is 0 Å². The minimum atomic E-state index is -3.51. The molecule has 0 atom stereocenters. The van der Waals surface area contributed by atoms with Gasteiger partial charge in [-0.2, -0.15) is 4.31 Å². The minimum absolute atomic E-state index is 0.155. The van der Waals surface area contributed by atoms with Crippen molar-refractivity contribution in [2.24, 2.45) is 0 Å². The summed E-state index contributed by atoms with van der Waals surface area (Å²) in [5, 5.41) is 0. The van der Waals surface area contributed by atoms with Crippen LogP contribution >= 0.6 is 15.9 Å². The SMILES string of the molecule is O=CC1=CCCN(S(=O)(=O)c2ccc(Br)cc2)C1. The van der Waals surface area contributed by atoms with Gasteiger partial charge in [-0.15, -0.1) is 0 Å². The average molecular weight is 330 g/mol. The first-order chi connectivity index (χ1) is 8.54. The van der Waals surface area contributed by atoms with E-state index in [1.807, 2.05) is 0 Å². The summed E-state index contributed by atoms with van der Waals surface area (Å²) in [4.78, 5) is 11.0. The summed E-state index contributed by atoms with van der Waals surface area (Å²) < 4.78 is 26.8. The zero-order chi connectivity index (χ0) is 13.2. The maximum Gasteiger partial charge on any atom is 0.243 e. The summed E-state index contributed by atoms with van der Waals surface area (Å²) in [5.74, 6) is 0. The van der Waals surface area contributed by atoms with Crippen molar-refractivity contribution < 1.29 is 13.2 Å². The average Bonchev–Trinajstić information content (AvgIpc) is 2.39. The molecule has 0 N–H and O–H groups in total. The van der Waals surface area contributed by atoms with E-state index in [1.54, 1.807) is 30.3 Å². The Balaban J connectivity index is 2.29. The summed E-state index contributed by atoms with van der Waals surface area (Å²) in [6.45, 7) is 0.567. The monoisotopic (exact) mass is 329 g/mol. The molecule has 0 bridgehead atoms. The number of sulfonamides is 1. The van der Waals surface area contributed by atoms with Gasteiger partial charge in [0.1, 0.15) is 6.29 Å². The molecule has 1 heterocycles. The van der Waals surface area contributed by atoms with Gasteiger partial charge in [-0.1, -0.05) is 22.0 Å².